The van der Waals surface area contributed by atoms with Gasteiger partial charge in [-0.15, -0.1) is 0 Å². The number of carbonyl (C=O) groups is 1. The van der Waals surface area contributed by atoms with E-state index in [1.165, 1.54) is 12.8 Å². The largest absolute Gasteiger partial charge is 0.381 e. The molecule has 2 heterocycles. The van der Waals surface area contributed by atoms with E-state index in [4.69, 9.17) is 10.5 Å². The van der Waals surface area contributed by atoms with Crippen molar-refractivity contribution in [1.29, 1.82) is 0 Å². The summed E-state index contributed by atoms with van der Waals surface area (Å²) >= 11 is 0. The number of nitrogens with one attached hydrogen (secondary N) is 1. The van der Waals surface area contributed by atoms with Crippen molar-refractivity contribution in [3.05, 3.63) is 0 Å². The van der Waals surface area contributed by atoms with Crippen molar-refractivity contribution in [3.8, 4) is 0 Å². The smallest absolute Gasteiger partial charge is 0.240 e. The van der Waals surface area contributed by atoms with Gasteiger partial charge in [-0.05, 0) is 38.8 Å². The highest BCUT2D eigenvalue weighted by Crippen LogP contribution is 2.17. The summed E-state index contributed by atoms with van der Waals surface area (Å²) in [7, 11) is 0. The van der Waals surface area contributed by atoms with Gasteiger partial charge in [-0.3, -0.25) is 4.79 Å². The first-order valence-electron chi connectivity index (χ1n) is 6.58. The number of amides is 1. The zero-order valence-electron chi connectivity index (χ0n) is 10.4. The maximum absolute atomic E-state index is 12.0. The highest BCUT2D eigenvalue weighted by molar-refractivity contribution is 5.86. The Labute approximate surface area is 103 Å². The van der Waals surface area contributed by atoms with Gasteiger partial charge in [0.25, 0.3) is 0 Å². The lowest BCUT2D eigenvalue weighted by Gasteiger charge is -2.32. The fourth-order valence-electron chi connectivity index (χ4n) is 2.47. The lowest BCUT2D eigenvalue weighted by atomic mass is 9.90. The number of rotatable bonds is 4. The molecule has 0 aromatic carbocycles. The van der Waals surface area contributed by atoms with E-state index in [0.29, 0.717) is 32.6 Å². The average Bonchev–Trinajstić information content (AvgIpc) is 2.83. The lowest BCUT2D eigenvalue weighted by molar-refractivity contribution is -0.129. The van der Waals surface area contributed by atoms with Crippen LogP contribution in [0.4, 0.5) is 0 Å². The number of nitrogens with two attached hydrogens (primary N) is 1. The molecule has 0 atom stereocenters. The zero-order valence-corrected chi connectivity index (χ0v) is 10.4. The maximum atomic E-state index is 12.0. The van der Waals surface area contributed by atoms with Gasteiger partial charge in [-0.2, -0.15) is 0 Å². The summed E-state index contributed by atoms with van der Waals surface area (Å²) in [5.74, 6) is -0.0139. The van der Waals surface area contributed by atoms with Crippen LogP contribution in [0.5, 0.6) is 0 Å². The fraction of sp³-hybridized carbons (Fsp3) is 0.917. The molecule has 2 fully saturated rings. The molecule has 0 aromatic heterocycles. The Morgan fingerprint density at radius 2 is 1.94 bits per heavy atom. The van der Waals surface area contributed by atoms with Crippen molar-refractivity contribution in [2.75, 3.05) is 39.4 Å². The second-order valence-electron chi connectivity index (χ2n) is 5.07. The van der Waals surface area contributed by atoms with Crippen LogP contribution >= 0.6 is 0 Å². The molecule has 0 radical (unpaired) electrons. The topological polar surface area (TPSA) is 67.6 Å². The minimum atomic E-state index is -0.705. The van der Waals surface area contributed by atoms with Gasteiger partial charge in [0.15, 0.2) is 0 Å². The van der Waals surface area contributed by atoms with Crippen LogP contribution in [0.15, 0.2) is 0 Å². The molecule has 0 aliphatic carbocycles. The minimum Gasteiger partial charge on any atom is -0.381 e. The Kier molecular flexibility index (Phi) is 4.36. The van der Waals surface area contributed by atoms with Crippen molar-refractivity contribution >= 4 is 5.91 Å². The molecular formula is C12H23N3O2. The van der Waals surface area contributed by atoms with Crippen LogP contribution in [0, 0.1) is 0 Å². The molecule has 3 N–H and O–H groups in total. The Morgan fingerprint density at radius 3 is 2.59 bits per heavy atom. The summed E-state index contributed by atoms with van der Waals surface area (Å²) in [6, 6.07) is 0. The average molecular weight is 241 g/mol. The second kappa shape index (κ2) is 5.80. The second-order valence-corrected chi connectivity index (χ2v) is 5.07. The van der Waals surface area contributed by atoms with Gasteiger partial charge < -0.3 is 20.7 Å². The highest BCUT2D eigenvalue weighted by atomic mass is 16.5. The van der Waals surface area contributed by atoms with Gasteiger partial charge in [0.2, 0.25) is 5.91 Å². The first kappa shape index (κ1) is 12.8. The number of likely N-dealkylation sites (tertiary alicyclic amines) is 1. The molecule has 0 bridgehead atoms. The van der Waals surface area contributed by atoms with E-state index in [9.17, 15) is 4.79 Å². The lowest BCUT2D eigenvalue weighted by Crippen LogP contribution is -2.57. The van der Waals surface area contributed by atoms with E-state index in [0.717, 1.165) is 19.6 Å². The van der Waals surface area contributed by atoms with Crippen molar-refractivity contribution < 1.29 is 9.53 Å². The van der Waals surface area contributed by atoms with Gasteiger partial charge in [0.1, 0.15) is 0 Å². The Hall–Kier alpha value is -0.650. The molecule has 5 heteroatoms. The summed E-state index contributed by atoms with van der Waals surface area (Å²) in [4.78, 5) is 14.4. The molecular weight excluding hydrogens is 218 g/mol. The summed E-state index contributed by atoms with van der Waals surface area (Å²) in [6.45, 7) is 5.16. The van der Waals surface area contributed by atoms with Gasteiger partial charge in [0, 0.05) is 26.3 Å². The number of nitrogens with zero attached hydrogens (tertiary/aromatic N) is 1. The van der Waals surface area contributed by atoms with Gasteiger partial charge in [-0.25, -0.2) is 0 Å². The van der Waals surface area contributed by atoms with Gasteiger partial charge >= 0.3 is 0 Å². The summed E-state index contributed by atoms with van der Waals surface area (Å²) in [5.41, 5.74) is 5.39. The van der Waals surface area contributed by atoms with E-state index in [2.05, 4.69) is 10.2 Å². The molecule has 0 saturated carbocycles. The number of hydrogen-bond donors (Lipinski definition) is 2. The van der Waals surface area contributed by atoms with Crippen molar-refractivity contribution in [3.63, 3.8) is 0 Å². The predicted octanol–water partition coefficient (Wildman–Crippen LogP) is -0.294. The Bertz CT molecular complexity index is 258. The predicted molar refractivity (Wildman–Crippen MR) is 65.7 cm³/mol. The van der Waals surface area contributed by atoms with Crippen molar-refractivity contribution in [2.24, 2.45) is 5.73 Å². The van der Waals surface area contributed by atoms with Gasteiger partial charge in [-0.1, -0.05) is 0 Å². The van der Waals surface area contributed by atoms with Gasteiger partial charge in [0.05, 0.1) is 5.54 Å². The quantitative estimate of drug-likeness (QED) is 0.709. The third kappa shape index (κ3) is 3.40. The first-order valence-corrected chi connectivity index (χ1v) is 6.58. The van der Waals surface area contributed by atoms with Crippen LogP contribution in [-0.4, -0.2) is 55.7 Å². The zero-order chi connectivity index (χ0) is 12.1. The van der Waals surface area contributed by atoms with E-state index in [1.54, 1.807) is 0 Å². The van der Waals surface area contributed by atoms with E-state index in [-0.39, 0.29) is 5.91 Å². The van der Waals surface area contributed by atoms with Crippen LogP contribution in [0.1, 0.15) is 25.7 Å². The SMILES string of the molecule is NC1(C(=O)NCCN2CCCC2)CCOCC1. The highest BCUT2D eigenvalue weighted by Gasteiger charge is 2.35. The molecule has 98 valence electrons. The molecule has 1 amide bonds. The molecule has 17 heavy (non-hydrogen) atoms. The van der Waals surface area contributed by atoms with Crippen LogP contribution < -0.4 is 11.1 Å². The molecule has 2 aliphatic heterocycles. The van der Waals surface area contributed by atoms with Crippen LogP contribution in [0.3, 0.4) is 0 Å². The monoisotopic (exact) mass is 241 g/mol. The number of carbonyl (C=O) groups excluding carboxylic acids is 1. The molecule has 5 nitrogen and oxygen atoms in total. The van der Waals surface area contributed by atoms with Crippen LogP contribution in [-0.2, 0) is 9.53 Å². The normalized spacial score (nSPS) is 24.8. The van der Waals surface area contributed by atoms with Crippen LogP contribution in [0.2, 0.25) is 0 Å². The molecule has 0 unspecified atom stereocenters. The third-order valence-corrected chi connectivity index (χ3v) is 3.75. The molecule has 0 aromatic rings. The molecule has 0 spiro atoms. The van der Waals surface area contributed by atoms with Crippen LogP contribution in [0.25, 0.3) is 0 Å². The molecule has 2 saturated heterocycles. The fourth-order valence-corrected chi connectivity index (χ4v) is 2.47. The first-order chi connectivity index (χ1) is 8.21. The Morgan fingerprint density at radius 1 is 1.29 bits per heavy atom. The summed E-state index contributed by atoms with van der Waals surface area (Å²) in [5, 5.41) is 2.96. The number of hydrogen-bond acceptors (Lipinski definition) is 4. The maximum Gasteiger partial charge on any atom is 0.240 e. The standard InChI is InChI=1S/C12H23N3O2/c13-12(3-9-17-10-4-12)11(16)14-5-8-15-6-1-2-7-15/h1-10,13H2,(H,14,16). The summed E-state index contributed by atoms with van der Waals surface area (Å²) in [6.07, 6.45) is 3.82. The third-order valence-electron chi connectivity index (χ3n) is 3.75. The molecule has 2 rings (SSSR count). The van der Waals surface area contributed by atoms with Crippen molar-refractivity contribution in [2.45, 2.75) is 31.2 Å². The van der Waals surface area contributed by atoms with E-state index < -0.39 is 5.54 Å². The van der Waals surface area contributed by atoms with Crippen molar-refractivity contribution in [1.82, 2.24) is 10.2 Å². The van der Waals surface area contributed by atoms with E-state index in [1.807, 2.05) is 0 Å². The summed E-state index contributed by atoms with van der Waals surface area (Å²) < 4.78 is 5.23. The minimum absolute atomic E-state index is 0.0139. The molecule has 2 aliphatic rings. The van der Waals surface area contributed by atoms with E-state index >= 15 is 0 Å². The number of ether oxygens (including phenoxy) is 1. The Balaban J connectivity index is 1.68.